The van der Waals surface area contributed by atoms with E-state index in [0.29, 0.717) is 12.1 Å². The standard InChI is InChI=1S/C22H19NO3/c24-21(23-14-6-10-17-8-2-4-13-20(17)23)15-26-22(25)19-12-5-9-16-7-1-3-11-18(16)19/h1-5,7-9,11-13H,6,10,14-15H2. The highest BCUT2D eigenvalue weighted by atomic mass is 16.5. The Morgan fingerprint density at radius 2 is 1.69 bits per heavy atom. The summed E-state index contributed by atoms with van der Waals surface area (Å²) in [5.74, 6) is -0.661. The zero-order chi connectivity index (χ0) is 17.9. The summed E-state index contributed by atoms with van der Waals surface area (Å²) in [6.07, 6.45) is 1.88. The van der Waals surface area contributed by atoms with E-state index in [0.717, 1.165) is 34.9 Å². The second kappa shape index (κ2) is 7.00. The zero-order valence-corrected chi connectivity index (χ0v) is 14.4. The van der Waals surface area contributed by atoms with Gasteiger partial charge in [-0.1, -0.05) is 54.6 Å². The van der Waals surface area contributed by atoms with Crippen LogP contribution in [0.25, 0.3) is 10.8 Å². The van der Waals surface area contributed by atoms with Gasteiger partial charge in [0.25, 0.3) is 5.91 Å². The van der Waals surface area contributed by atoms with E-state index < -0.39 is 5.97 Å². The number of fused-ring (bicyclic) bond motifs is 2. The largest absolute Gasteiger partial charge is 0.452 e. The number of para-hydroxylation sites is 1. The number of nitrogens with zero attached hydrogens (tertiary/aromatic N) is 1. The second-order valence-electron chi connectivity index (χ2n) is 6.38. The number of rotatable bonds is 3. The molecular weight excluding hydrogens is 326 g/mol. The summed E-state index contributed by atoms with van der Waals surface area (Å²) in [6.45, 7) is 0.401. The molecule has 4 nitrogen and oxygen atoms in total. The number of esters is 1. The van der Waals surface area contributed by atoms with Gasteiger partial charge in [-0.15, -0.1) is 0 Å². The summed E-state index contributed by atoms with van der Waals surface area (Å²) in [6, 6.07) is 21.0. The Bertz CT molecular complexity index is 975. The Morgan fingerprint density at radius 3 is 2.62 bits per heavy atom. The fourth-order valence-corrected chi connectivity index (χ4v) is 3.48. The van der Waals surface area contributed by atoms with Crippen molar-refractivity contribution >= 4 is 28.3 Å². The van der Waals surface area contributed by atoms with E-state index in [1.54, 1.807) is 11.0 Å². The molecule has 1 amide bonds. The van der Waals surface area contributed by atoms with Crippen molar-refractivity contribution in [1.29, 1.82) is 0 Å². The van der Waals surface area contributed by atoms with Crippen molar-refractivity contribution < 1.29 is 14.3 Å². The zero-order valence-electron chi connectivity index (χ0n) is 14.4. The van der Waals surface area contributed by atoms with Gasteiger partial charge in [0.2, 0.25) is 0 Å². The van der Waals surface area contributed by atoms with Crippen LogP contribution in [0, 0.1) is 0 Å². The second-order valence-corrected chi connectivity index (χ2v) is 6.38. The molecule has 4 rings (SSSR count). The van der Waals surface area contributed by atoms with Gasteiger partial charge in [0.1, 0.15) is 0 Å². The molecule has 1 aliphatic heterocycles. The van der Waals surface area contributed by atoms with Crippen LogP contribution in [0.5, 0.6) is 0 Å². The van der Waals surface area contributed by atoms with E-state index in [1.165, 1.54) is 0 Å². The molecule has 0 aromatic heterocycles. The minimum absolute atomic E-state index is 0.189. The van der Waals surface area contributed by atoms with Gasteiger partial charge in [0.15, 0.2) is 6.61 Å². The van der Waals surface area contributed by atoms with Crippen LogP contribution < -0.4 is 4.90 Å². The molecule has 0 bridgehead atoms. The summed E-state index contributed by atoms with van der Waals surface area (Å²) in [4.78, 5) is 26.8. The van der Waals surface area contributed by atoms with E-state index in [9.17, 15) is 9.59 Å². The SMILES string of the molecule is O=C(OCC(=O)N1CCCc2ccccc21)c1cccc2ccccc12. The molecule has 4 heteroatoms. The van der Waals surface area contributed by atoms with E-state index in [-0.39, 0.29) is 12.5 Å². The lowest BCUT2D eigenvalue weighted by Gasteiger charge is -2.29. The number of carbonyl (C=O) groups is 2. The Hall–Kier alpha value is -3.14. The van der Waals surface area contributed by atoms with Crippen LogP contribution >= 0.6 is 0 Å². The van der Waals surface area contributed by atoms with Crippen molar-refractivity contribution in [1.82, 2.24) is 0 Å². The number of aryl methyl sites for hydroxylation is 1. The Kier molecular flexibility index (Phi) is 4.40. The van der Waals surface area contributed by atoms with Crippen LogP contribution in [0.3, 0.4) is 0 Å². The van der Waals surface area contributed by atoms with Crippen molar-refractivity contribution in [2.45, 2.75) is 12.8 Å². The molecule has 0 unspecified atom stereocenters. The fourth-order valence-electron chi connectivity index (χ4n) is 3.48. The molecule has 0 fully saturated rings. The lowest BCUT2D eigenvalue weighted by molar-refractivity contribution is -0.121. The minimum atomic E-state index is -0.472. The van der Waals surface area contributed by atoms with Crippen LogP contribution in [0.1, 0.15) is 22.3 Å². The van der Waals surface area contributed by atoms with Crippen LogP contribution in [-0.2, 0) is 16.0 Å². The van der Waals surface area contributed by atoms with Crippen molar-refractivity contribution in [2.24, 2.45) is 0 Å². The van der Waals surface area contributed by atoms with Crippen LogP contribution in [0.2, 0.25) is 0 Å². The van der Waals surface area contributed by atoms with E-state index in [1.807, 2.05) is 60.7 Å². The predicted molar refractivity (Wildman–Crippen MR) is 101 cm³/mol. The van der Waals surface area contributed by atoms with Crippen molar-refractivity contribution in [3.05, 3.63) is 77.9 Å². The number of carbonyl (C=O) groups excluding carboxylic acids is 2. The summed E-state index contributed by atoms with van der Waals surface area (Å²) in [7, 11) is 0. The van der Waals surface area contributed by atoms with Gasteiger partial charge in [0, 0.05) is 12.2 Å². The van der Waals surface area contributed by atoms with E-state index >= 15 is 0 Å². The molecule has 1 aliphatic rings. The Labute approximate surface area is 152 Å². The molecule has 0 atom stereocenters. The number of hydrogen-bond acceptors (Lipinski definition) is 3. The number of ether oxygens (including phenoxy) is 1. The van der Waals surface area contributed by atoms with Gasteiger partial charge in [0.05, 0.1) is 5.56 Å². The predicted octanol–water partition coefficient (Wildman–Crippen LogP) is 3.98. The monoisotopic (exact) mass is 345 g/mol. The highest BCUT2D eigenvalue weighted by Gasteiger charge is 2.23. The molecular formula is C22H19NO3. The molecule has 0 spiro atoms. The first-order chi connectivity index (χ1) is 12.7. The molecule has 130 valence electrons. The molecule has 0 N–H and O–H groups in total. The summed E-state index contributed by atoms with van der Waals surface area (Å²) in [5, 5.41) is 1.80. The maximum atomic E-state index is 12.6. The lowest BCUT2D eigenvalue weighted by atomic mass is 10.0. The van der Waals surface area contributed by atoms with Gasteiger partial charge in [-0.3, -0.25) is 4.79 Å². The number of benzene rings is 3. The molecule has 0 saturated carbocycles. The normalized spacial score (nSPS) is 13.3. The van der Waals surface area contributed by atoms with Gasteiger partial charge in [-0.2, -0.15) is 0 Å². The Morgan fingerprint density at radius 1 is 0.923 bits per heavy atom. The third kappa shape index (κ3) is 3.06. The van der Waals surface area contributed by atoms with E-state index in [4.69, 9.17) is 4.74 Å². The molecule has 0 saturated heterocycles. The van der Waals surface area contributed by atoms with E-state index in [2.05, 4.69) is 0 Å². The fraction of sp³-hybridized carbons (Fsp3) is 0.182. The maximum Gasteiger partial charge on any atom is 0.339 e. The molecule has 26 heavy (non-hydrogen) atoms. The highest BCUT2D eigenvalue weighted by Crippen LogP contribution is 2.27. The van der Waals surface area contributed by atoms with Gasteiger partial charge >= 0.3 is 5.97 Å². The van der Waals surface area contributed by atoms with Gasteiger partial charge in [-0.05, 0) is 41.3 Å². The Balaban J connectivity index is 1.49. The highest BCUT2D eigenvalue weighted by molar-refractivity contribution is 6.05. The molecule has 1 heterocycles. The summed E-state index contributed by atoms with van der Waals surface area (Å²) in [5.41, 5.74) is 2.56. The quantitative estimate of drug-likeness (QED) is 0.675. The third-order valence-corrected chi connectivity index (χ3v) is 4.75. The summed E-state index contributed by atoms with van der Waals surface area (Å²) < 4.78 is 5.34. The maximum absolute atomic E-state index is 12.6. The number of amides is 1. The average Bonchev–Trinajstić information content (AvgIpc) is 2.71. The van der Waals surface area contributed by atoms with Gasteiger partial charge in [-0.25, -0.2) is 4.79 Å². The van der Waals surface area contributed by atoms with Crippen LogP contribution in [0.15, 0.2) is 66.7 Å². The van der Waals surface area contributed by atoms with Crippen LogP contribution in [0.4, 0.5) is 5.69 Å². The smallest absolute Gasteiger partial charge is 0.339 e. The first kappa shape index (κ1) is 16.3. The summed E-state index contributed by atoms with van der Waals surface area (Å²) >= 11 is 0. The molecule has 3 aromatic rings. The topological polar surface area (TPSA) is 46.6 Å². The van der Waals surface area contributed by atoms with Crippen molar-refractivity contribution in [3.63, 3.8) is 0 Å². The first-order valence-corrected chi connectivity index (χ1v) is 8.77. The number of hydrogen-bond donors (Lipinski definition) is 0. The third-order valence-electron chi connectivity index (χ3n) is 4.75. The minimum Gasteiger partial charge on any atom is -0.452 e. The molecule has 0 aliphatic carbocycles. The van der Waals surface area contributed by atoms with Crippen molar-refractivity contribution in [3.8, 4) is 0 Å². The van der Waals surface area contributed by atoms with Crippen molar-refractivity contribution in [2.75, 3.05) is 18.1 Å². The average molecular weight is 345 g/mol. The number of anilines is 1. The van der Waals surface area contributed by atoms with Crippen LogP contribution in [-0.4, -0.2) is 25.0 Å². The lowest BCUT2D eigenvalue weighted by Crippen LogP contribution is -2.38. The first-order valence-electron chi connectivity index (χ1n) is 8.77. The van der Waals surface area contributed by atoms with Gasteiger partial charge < -0.3 is 9.64 Å². The molecule has 0 radical (unpaired) electrons. The molecule has 3 aromatic carbocycles.